The minimum absolute atomic E-state index is 0.400. The van der Waals surface area contributed by atoms with Crippen LogP contribution in [0.25, 0.3) is 0 Å². The summed E-state index contributed by atoms with van der Waals surface area (Å²) in [6.45, 7) is 1.65. The Kier molecular flexibility index (Phi) is 4.14. The molecule has 3 heteroatoms. The Morgan fingerprint density at radius 1 is 1.80 bits per heavy atom. The molecule has 0 heterocycles. The molecule has 0 aromatic heterocycles. The van der Waals surface area contributed by atoms with Crippen molar-refractivity contribution in [3.63, 3.8) is 0 Å². The highest BCUT2D eigenvalue weighted by Crippen LogP contribution is 2.17. The van der Waals surface area contributed by atoms with E-state index in [2.05, 4.69) is 17.7 Å². The van der Waals surface area contributed by atoms with Crippen LogP contribution in [0.3, 0.4) is 0 Å². The van der Waals surface area contributed by atoms with Crippen molar-refractivity contribution in [1.29, 1.82) is 0 Å². The summed E-state index contributed by atoms with van der Waals surface area (Å²) in [5.74, 6) is 2.25. The molecule has 0 saturated heterocycles. The van der Waals surface area contributed by atoms with Crippen molar-refractivity contribution in [2.24, 2.45) is 5.73 Å². The number of hydrogen-bond acceptors (Lipinski definition) is 1. The fraction of sp³-hybridized carbons (Fsp3) is 0.571. The fourth-order valence-corrected chi connectivity index (χ4v) is 0.429. The van der Waals surface area contributed by atoms with Crippen LogP contribution in [0, 0.1) is 12.3 Å². The lowest BCUT2D eigenvalue weighted by atomic mass is 10.7. The average molecular weight is 140 g/mol. The Morgan fingerprint density at radius 2 is 2.20 bits per heavy atom. The molecule has 3 N–H and O–H groups in total. The number of amides is 2. The highest BCUT2D eigenvalue weighted by Gasteiger charge is 2.21. The van der Waals surface area contributed by atoms with Crippen LogP contribution in [0.2, 0.25) is 0 Å². The number of rotatable bonds is 1. The number of terminal acetylenes is 1. The summed E-state index contributed by atoms with van der Waals surface area (Å²) in [4.78, 5) is 9.96. The molecule has 0 radical (unpaired) electrons. The monoisotopic (exact) mass is 140 g/mol. The van der Waals surface area contributed by atoms with Gasteiger partial charge in [-0.2, -0.15) is 0 Å². The third kappa shape index (κ3) is 6.83. The van der Waals surface area contributed by atoms with E-state index in [1.807, 2.05) is 0 Å². The van der Waals surface area contributed by atoms with Gasteiger partial charge in [-0.05, 0) is 19.8 Å². The van der Waals surface area contributed by atoms with E-state index in [0.29, 0.717) is 6.04 Å². The lowest BCUT2D eigenvalue weighted by Crippen LogP contribution is -2.30. The second-order valence-electron chi connectivity index (χ2n) is 2.07. The fourth-order valence-electron chi connectivity index (χ4n) is 0.429. The zero-order valence-corrected chi connectivity index (χ0v) is 6.05. The molecule has 0 atom stereocenters. The second-order valence-corrected chi connectivity index (χ2v) is 2.07. The van der Waals surface area contributed by atoms with E-state index in [9.17, 15) is 4.79 Å². The van der Waals surface area contributed by atoms with Crippen molar-refractivity contribution in [3.05, 3.63) is 0 Å². The maximum atomic E-state index is 9.96. The minimum atomic E-state index is -0.400. The molecule has 0 bridgehead atoms. The van der Waals surface area contributed by atoms with E-state index in [0.717, 1.165) is 12.8 Å². The number of nitrogens with two attached hydrogens (primary N) is 1. The predicted octanol–water partition coefficient (Wildman–Crippen LogP) is 0.457. The molecule has 1 aliphatic carbocycles. The van der Waals surface area contributed by atoms with E-state index in [4.69, 9.17) is 5.73 Å². The van der Waals surface area contributed by atoms with E-state index in [1.54, 1.807) is 6.92 Å². The second kappa shape index (κ2) is 4.68. The minimum Gasteiger partial charge on any atom is -0.352 e. The SMILES string of the molecule is C#CC.NC(=O)NC1CC1. The molecular weight excluding hydrogens is 128 g/mol. The molecule has 0 unspecified atom stereocenters. The molecule has 0 spiro atoms. The first-order valence-electron chi connectivity index (χ1n) is 3.14. The van der Waals surface area contributed by atoms with Gasteiger partial charge in [-0.1, -0.05) is 0 Å². The molecule has 1 aliphatic rings. The predicted molar refractivity (Wildman–Crippen MR) is 40.2 cm³/mol. The van der Waals surface area contributed by atoms with Crippen LogP contribution >= 0.6 is 0 Å². The molecule has 3 nitrogen and oxygen atoms in total. The Hall–Kier alpha value is -1.17. The van der Waals surface area contributed by atoms with Gasteiger partial charge in [0.05, 0.1) is 0 Å². The van der Waals surface area contributed by atoms with Crippen molar-refractivity contribution in [2.75, 3.05) is 0 Å². The van der Waals surface area contributed by atoms with Gasteiger partial charge in [0.15, 0.2) is 0 Å². The smallest absolute Gasteiger partial charge is 0.312 e. The molecule has 1 saturated carbocycles. The van der Waals surface area contributed by atoms with E-state index < -0.39 is 6.03 Å². The molecule has 0 aliphatic heterocycles. The van der Waals surface area contributed by atoms with Gasteiger partial charge in [0, 0.05) is 6.04 Å². The molecule has 2 amide bonds. The Bertz CT molecular complexity index is 144. The van der Waals surface area contributed by atoms with Gasteiger partial charge in [0.25, 0.3) is 0 Å². The van der Waals surface area contributed by atoms with Crippen LogP contribution in [0.15, 0.2) is 0 Å². The lowest BCUT2D eigenvalue weighted by molar-refractivity contribution is 0.248. The number of hydrogen-bond donors (Lipinski definition) is 2. The highest BCUT2D eigenvalue weighted by atomic mass is 16.2. The summed E-state index contributed by atoms with van der Waals surface area (Å²) in [7, 11) is 0. The maximum absolute atomic E-state index is 9.96. The van der Waals surface area contributed by atoms with Gasteiger partial charge in [-0.3, -0.25) is 0 Å². The van der Waals surface area contributed by atoms with Crippen molar-refractivity contribution >= 4 is 6.03 Å². The molecule has 1 fully saturated rings. The first kappa shape index (κ1) is 8.83. The quantitative estimate of drug-likeness (QED) is 0.511. The normalized spacial score (nSPS) is 14.0. The molecule has 10 heavy (non-hydrogen) atoms. The number of primary amides is 1. The molecular formula is C7H12N2O. The average Bonchev–Trinajstić information content (AvgIpc) is 2.50. The van der Waals surface area contributed by atoms with Gasteiger partial charge in [0.2, 0.25) is 0 Å². The van der Waals surface area contributed by atoms with Gasteiger partial charge >= 0.3 is 6.03 Å². The van der Waals surface area contributed by atoms with Crippen LogP contribution in [-0.4, -0.2) is 12.1 Å². The number of nitrogens with one attached hydrogen (secondary N) is 1. The summed E-state index contributed by atoms with van der Waals surface area (Å²) in [6.07, 6.45) is 6.80. The van der Waals surface area contributed by atoms with Gasteiger partial charge in [-0.25, -0.2) is 4.79 Å². The number of urea groups is 1. The third-order valence-corrected chi connectivity index (χ3v) is 0.924. The van der Waals surface area contributed by atoms with Crippen LogP contribution in [0.1, 0.15) is 19.8 Å². The van der Waals surface area contributed by atoms with Gasteiger partial charge in [-0.15, -0.1) is 12.3 Å². The van der Waals surface area contributed by atoms with E-state index >= 15 is 0 Å². The highest BCUT2D eigenvalue weighted by molar-refractivity contribution is 5.72. The van der Waals surface area contributed by atoms with Crippen molar-refractivity contribution in [2.45, 2.75) is 25.8 Å². The Morgan fingerprint density at radius 3 is 2.30 bits per heavy atom. The number of carbonyl (C=O) groups excluding carboxylic acids is 1. The summed E-state index contributed by atoms with van der Waals surface area (Å²) in [5, 5.41) is 2.56. The molecule has 56 valence electrons. The van der Waals surface area contributed by atoms with Crippen molar-refractivity contribution < 1.29 is 4.79 Å². The van der Waals surface area contributed by atoms with Crippen molar-refractivity contribution in [1.82, 2.24) is 5.32 Å². The van der Waals surface area contributed by atoms with Gasteiger partial charge < -0.3 is 11.1 Å². The van der Waals surface area contributed by atoms with E-state index in [1.165, 1.54) is 0 Å². The van der Waals surface area contributed by atoms with E-state index in [-0.39, 0.29) is 0 Å². The molecule has 0 aromatic rings. The summed E-state index contributed by atoms with van der Waals surface area (Å²) in [5.41, 5.74) is 4.78. The van der Waals surface area contributed by atoms with Crippen LogP contribution < -0.4 is 11.1 Å². The zero-order valence-electron chi connectivity index (χ0n) is 6.05. The topological polar surface area (TPSA) is 55.1 Å². The van der Waals surface area contributed by atoms with Crippen LogP contribution in [-0.2, 0) is 0 Å². The summed E-state index contributed by atoms with van der Waals surface area (Å²) >= 11 is 0. The molecule has 1 rings (SSSR count). The first-order chi connectivity index (χ1) is 4.70. The lowest BCUT2D eigenvalue weighted by Gasteiger charge is -1.91. The van der Waals surface area contributed by atoms with Crippen LogP contribution in [0.5, 0.6) is 0 Å². The maximum Gasteiger partial charge on any atom is 0.312 e. The Balaban J connectivity index is 0.000000236. The zero-order chi connectivity index (χ0) is 7.98. The third-order valence-electron chi connectivity index (χ3n) is 0.924. The number of carbonyl (C=O) groups is 1. The van der Waals surface area contributed by atoms with Crippen LogP contribution in [0.4, 0.5) is 4.79 Å². The van der Waals surface area contributed by atoms with Gasteiger partial charge in [0.1, 0.15) is 0 Å². The first-order valence-corrected chi connectivity index (χ1v) is 3.14. The van der Waals surface area contributed by atoms with Crippen molar-refractivity contribution in [3.8, 4) is 12.3 Å². The summed E-state index contributed by atoms with van der Waals surface area (Å²) in [6, 6.07) is -0.000000000000000444. The Labute approximate surface area is 61.0 Å². The summed E-state index contributed by atoms with van der Waals surface area (Å²) < 4.78 is 0. The largest absolute Gasteiger partial charge is 0.352 e. The standard InChI is InChI=1S/C4H8N2O.C3H4/c5-4(7)6-3-1-2-3;1-3-2/h3H,1-2H2,(H3,5,6,7);1H,2H3. The molecule has 0 aromatic carbocycles.